The summed E-state index contributed by atoms with van der Waals surface area (Å²) in [6.45, 7) is 0.755. The van der Waals surface area contributed by atoms with E-state index >= 15 is 0 Å². The van der Waals surface area contributed by atoms with Crippen molar-refractivity contribution in [1.29, 1.82) is 0 Å². The number of aliphatic hydroxyl groups excluding tert-OH is 1. The molecule has 1 saturated heterocycles. The summed E-state index contributed by atoms with van der Waals surface area (Å²) in [5, 5.41) is 10.7. The highest BCUT2D eigenvalue weighted by atomic mass is 35.5. The van der Waals surface area contributed by atoms with E-state index in [9.17, 15) is 9.90 Å². The van der Waals surface area contributed by atoms with E-state index in [4.69, 9.17) is 16.3 Å². The van der Waals surface area contributed by atoms with Crippen LogP contribution in [-0.2, 0) is 9.53 Å². The summed E-state index contributed by atoms with van der Waals surface area (Å²) < 4.78 is 5.21. The highest BCUT2D eigenvalue weighted by molar-refractivity contribution is 6.30. The Morgan fingerprint density at radius 3 is 2.69 bits per heavy atom. The molecule has 2 rings (SSSR count). The number of carbonyl (C=O) groups is 1. The highest BCUT2D eigenvalue weighted by Gasteiger charge is 2.30. The van der Waals surface area contributed by atoms with Crippen molar-refractivity contribution >= 4 is 17.4 Å². The number of benzene rings is 1. The number of carbonyl (C=O) groups excluding carboxylic acids is 1. The molecule has 0 aromatic heterocycles. The van der Waals surface area contributed by atoms with Gasteiger partial charge in [0.15, 0.2) is 0 Å². The van der Waals surface area contributed by atoms with Crippen molar-refractivity contribution in [3.05, 3.63) is 34.9 Å². The zero-order valence-corrected chi connectivity index (χ0v) is 9.48. The van der Waals surface area contributed by atoms with Crippen LogP contribution < -0.4 is 0 Å². The molecule has 16 heavy (non-hydrogen) atoms. The number of ketones is 1. The molecular formula is C12H13ClO3. The maximum absolute atomic E-state index is 11.6. The summed E-state index contributed by atoms with van der Waals surface area (Å²) >= 11 is 5.76. The van der Waals surface area contributed by atoms with Gasteiger partial charge in [0.1, 0.15) is 5.78 Å². The molecule has 86 valence electrons. The van der Waals surface area contributed by atoms with Gasteiger partial charge in [0.2, 0.25) is 0 Å². The third-order valence-corrected chi connectivity index (χ3v) is 3.05. The first kappa shape index (κ1) is 11.6. The van der Waals surface area contributed by atoms with E-state index in [0.717, 1.165) is 0 Å². The number of hydrogen-bond donors (Lipinski definition) is 1. The van der Waals surface area contributed by atoms with Crippen LogP contribution in [0, 0.1) is 5.92 Å². The van der Waals surface area contributed by atoms with Crippen molar-refractivity contribution in [1.82, 2.24) is 0 Å². The lowest BCUT2D eigenvalue weighted by atomic mass is 9.90. The average molecular weight is 241 g/mol. The lowest BCUT2D eigenvalue weighted by molar-refractivity contribution is -0.136. The molecule has 0 spiro atoms. The van der Waals surface area contributed by atoms with Gasteiger partial charge in [0, 0.05) is 11.4 Å². The number of hydrogen-bond acceptors (Lipinski definition) is 3. The predicted molar refractivity (Wildman–Crippen MR) is 60.3 cm³/mol. The van der Waals surface area contributed by atoms with Crippen molar-refractivity contribution in [2.45, 2.75) is 12.5 Å². The average Bonchev–Trinajstić information content (AvgIpc) is 2.30. The predicted octanol–water partition coefficient (Wildman–Crippen LogP) is 1.98. The van der Waals surface area contributed by atoms with Crippen LogP contribution in [-0.4, -0.2) is 24.1 Å². The summed E-state index contributed by atoms with van der Waals surface area (Å²) in [4.78, 5) is 11.6. The SMILES string of the molecule is O=C1CCOC[C@@H]1[C@H](O)c1ccc(Cl)cc1. The minimum absolute atomic E-state index is 0.0636. The Morgan fingerprint density at radius 2 is 2.06 bits per heavy atom. The maximum Gasteiger partial charge on any atom is 0.143 e. The van der Waals surface area contributed by atoms with Gasteiger partial charge in [-0.05, 0) is 17.7 Å². The van der Waals surface area contributed by atoms with Crippen molar-refractivity contribution in [2.75, 3.05) is 13.2 Å². The second kappa shape index (κ2) is 4.95. The Bertz CT molecular complexity index is 374. The van der Waals surface area contributed by atoms with Crippen molar-refractivity contribution < 1.29 is 14.6 Å². The Hall–Kier alpha value is -0.900. The van der Waals surface area contributed by atoms with Crippen LogP contribution in [0.4, 0.5) is 0 Å². The molecule has 0 saturated carbocycles. The van der Waals surface area contributed by atoms with Crippen LogP contribution in [0.5, 0.6) is 0 Å². The van der Waals surface area contributed by atoms with E-state index in [1.165, 1.54) is 0 Å². The molecule has 0 bridgehead atoms. The molecule has 1 heterocycles. The fourth-order valence-electron chi connectivity index (χ4n) is 1.82. The number of Topliss-reactive ketones (excluding diaryl/α,β-unsaturated/α-hetero) is 1. The monoisotopic (exact) mass is 240 g/mol. The first-order chi connectivity index (χ1) is 7.68. The molecule has 2 atom stereocenters. The molecule has 0 amide bonds. The lowest BCUT2D eigenvalue weighted by Crippen LogP contribution is -2.32. The molecule has 1 aliphatic heterocycles. The van der Waals surface area contributed by atoms with Crippen LogP contribution in [0.3, 0.4) is 0 Å². The largest absolute Gasteiger partial charge is 0.388 e. The Morgan fingerprint density at radius 1 is 1.38 bits per heavy atom. The third kappa shape index (κ3) is 2.43. The van der Waals surface area contributed by atoms with E-state index < -0.39 is 12.0 Å². The van der Waals surface area contributed by atoms with Gasteiger partial charge in [0.05, 0.1) is 25.2 Å². The quantitative estimate of drug-likeness (QED) is 0.860. The molecule has 1 aromatic carbocycles. The Balaban J connectivity index is 2.14. The maximum atomic E-state index is 11.6. The van der Waals surface area contributed by atoms with Crippen LogP contribution in [0.25, 0.3) is 0 Å². The van der Waals surface area contributed by atoms with Gasteiger partial charge < -0.3 is 9.84 Å². The van der Waals surface area contributed by atoms with E-state index in [0.29, 0.717) is 30.2 Å². The normalized spacial score (nSPS) is 23.1. The highest BCUT2D eigenvalue weighted by Crippen LogP contribution is 2.27. The lowest BCUT2D eigenvalue weighted by Gasteiger charge is -2.25. The molecule has 1 fully saturated rings. The second-order valence-electron chi connectivity index (χ2n) is 3.89. The summed E-state index contributed by atoms with van der Waals surface area (Å²) in [6.07, 6.45) is -0.417. The summed E-state index contributed by atoms with van der Waals surface area (Å²) in [5.41, 5.74) is 0.702. The molecule has 0 radical (unpaired) electrons. The molecule has 4 heteroatoms. The first-order valence-corrected chi connectivity index (χ1v) is 5.60. The van der Waals surface area contributed by atoms with Crippen LogP contribution >= 0.6 is 11.6 Å². The zero-order valence-electron chi connectivity index (χ0n) is 8.73. The second-order valence-corrected chi connectivity index (χ2v) is 4.33. The number of halogens is 1. The van der Waals surface area contributed by atoms with Gasteiger partial charge >= 0.3 is 0 Å². The first-order valence-electron chi connectivity index (χ1n) is 5.22. The molecular weight excluding hydrogens is 228 g/mol. The molecule has 0 unspecified atom stereocenters. The fourth-order valence-corrected chi connectivity index (χ4v) is 1.95. The van der Waals surface area contributed by atoms with Gasteiger partial charge in [-0.25, -0.2) is 0 Å². The Kier molecular flexibility index (Phi) is 3.59. The fraction of sp³-hybridized carbons (Fsp3) is 0.417. The smallest absolute Gasteiger partial charge is 0.143 e. The zero-order chi connectivity index (χ0) is 11.5. The molecule has 1 N–H and O–H groups in total. The summed E-state index contributed by atoms with van der Waals surface area (Å²) in [7, 11) is 0. The van der Waals surface area contributed by atoms with Gasteiger partial charge in [0.25, 0.3) is 0 Å². The molecule has 1 aliphatic rings. The molecule has 0 aliphatic carbocycles. The molecule has 1 aromatic rings. The van der Waals surface area contributed by atoms with E-state index in [-0.39, 0.29) is 5.78 Å². The molecule has 3 nitrogen and oxygen atoms in total. The number of rotatable bonds is 2. The van der Waals surface area contributed by atoms with Gasteiger partial charge in [-0.3, -0.25) is 4.79 Å². The summed E-state index contributed by atoms with van der Waals surface area (Å²) in [5.74, 6) is -0.386. The van der Waals surface area contributed by atoms with Gasteiger partial charge in [-0.1, -0.05) is 23.7 Å². The van der Waals surface area contributed by atoms with Crippen LogP contribution in [0.15, 0.2) is 24.3 Å². The van der Waals surface area contributed by atoms with E-state index in [1.807, 2.05) is 0 Å². The number of ether oxygens (including phenoxy) is 1. The van der Waals surface area contributed by atoms with Crippen LogP contribution in [0.2, 0.25) is 5.02 Å². The van der Waals surface area contributed by atoms with E-state index in [1.54, 1.807) is 24.3 Å². The number of aliphatic hydroxyl groups is 1. The van der Waals surface area contributed by atoms with Crippen molar-refractivity contribution in [2.24, 2.45) is 5.92 Å². The van der Waals surface area contributed by atoms with Crippen molar-refractivity contribution in [3.63, 3.8) is 0 Å². The third-order valence-electron chi connectivity index (χ3n) is 2.80. The minimum Gasteiger partial charge on any atom is -0.388 e. The standard InChI is InChI=1S/C12H13ClO3/c13-9-3-1-8(2-4-9)12(15)10-7-16-6-5-11(10)14/h1-4,10,12,15H,5-7H2/t10-,12+/m0/s1. The van der Waals surface area contributed by atoms with Crippen LogP contribution in [0.1, 0.15) is 18.1 Å². The van der Waals surface area contributed by atoms with Gasteiger partial charge in [-0.15, -0.1) is 0 Å². The minimum atomic E-state index is -0.801. The topological polar surface area (TPSA) is 46.5 Å². The van der Waals surface area contributed by atoms with Crippen molar-refractivity contribution in [3.8, 4) is 0 Å². The Labute approximate surface area is 99.0 Å². The summed E-state index contributed by atoms with van der Waals surface area (Å²) in [6, 6.07) is 6.87. The van der Waals surface area contributed by atoms with E-state index in [2.05, 4.69) is 0 Å². The van der Waals surface area contributed by atoms with Gasteiger partial charge in [-0.2, -0.15) is 0 Å².